The van der Waals surface area contributed by atoms with Crippen LogP contribution in [0.25, 0.3) is 5.83 Å². The normalized spacial score (nSPS) is 14.6. The van der Waals surface area contributed by atoms with E-state index in [0.717, 1.165) is 5.56 Å². The molecule has 1 nitrogen and oxygen atoms in total. The first-order valence-electron chi connectivity index (χ1n) is 10.8. The lowest BCUT2D eigenvalue weighted by Gasteiger charge is -2.33. The number of alkyl halides is 4. The lowest BCUT2D eigenvalue weighted by Crippen LogP contribution is -2.36. The van der Waals surface area contributed by atoms with Crippen molar-refractivity contribution in [1.29, 1.82) is 0 Å². The van der Waals surface area contributed by atoms with Gasteiger partial charge in [0.05, 0.1) is 6.54 Å². The van der Waals surface area contributed by atoms with Crippen LogP contribution in [0.5, 0.6) is 0 Å². The molecule has 0 aromatic heterocycles. The third-order valence-electron chi connectivity index (χ3n) is 5.47. The first-order valence-corrected chi connectivity index (χ1v) is 11.9. The van der Waals surface area contributed by atoms with E-state index < -0.39 is 23.6 Å². The molecule has 0 aliphatic rings. The van der Waals surface area contributed by atoms with Crippen molar-refractivity contribution in [2.24, 2.45) is 0 Å². The molecule has 34 heavy (non-hydrogen) atoms. The van der Waals surface area contributed by atoms with E-state index in [2.05, 4.69) is 22.5 Å². The van der Waals surface area contributed by atoms with Crippen molar-refractivity contribution in [3.8, 4) is 0 Å². The van der Waals surface area contributed by atoms with Crippen LogP contribution in [-0.2, 0) is 0 Å². The molecule has 186 valence electrons. The van der Waals surface area contributed by atoms with Gasteiger partial charge in [0, 0.05) is 33.2 Å². The van der Waals surface area contributed by atoms with Gasteiger partial charge in [0.2, 0.25) is 0 Å². The average molecular weight is 565 g/mol. The predicted molar refractivity (Wildman–Crippen MR) is 133 cm³/mol. The van der Waals surface area contributed by atoms with Crippen LogP contribution < -0.4 is 0 Å². The van der Waals surface area contributed by atoms with Gasteiger partial charge in [0.15, 0.2) is 0 Å². The van der Waals surface area contributed by atoms with Crippen LogP contribution >= 0.6 is 27.5 Å². The molecule has 0 aliphatic heterocycles. The van der Waals surface area contributed by atoms with Gasteiger partial charge in [-0.25, -0.2) is 8.78 Å². The summed E-state index contributed by atoms with van der Waals surface area (Å²) < 4.78 is 70.7. The van der Waals surface area contributed by atoms with E-state index in [4.69, 9.17) is 11.6 Å². The van der Waals surface area contributed by atoms with Gasteiger partial charge in [-0.1, -0.05) is 65.3 Å². The minimum absolute atomic E-state index is 0.00181. The van der Waals surface area contributed by atoms with Crippen molar-refractivity contribution in [2.45, 2.75) is 51.4 Å². The van der Waals surface area contributed by atoms with E-state index in [0.29, 0.717) is 22.8 Å². The molecule has 2 aromatic carbocycles. The van der Waals surface area contributed by atoms with Gasteiger partial charge in [-0.15, -0.1) is 0 Å². The second-order valence-corrected chi connectivity index (χ2v) is 10.1. The monoisotopic (exact) mass is 563 g/mol. The van der Waals surface area contributed by atoms with Crippen molar-refractivity contribution in [3.63, 3.8) is 0 Å². The first kappa shape index (κ1) is 28.4. The van der Waals surface area contributed by atoms with Gasteiger partial charge in [-0.3, -0.25) is 0 Å². The second kappa shape index (κ2) is 11.3. The van der Waals surface area contributed by atoms with E-state index in [1.54, 1.807) is 6.07 Å². The van der Waals surface area contributed by atoms with E-state index in [1.807, 2.05) is 18.7 Å². The molecule has 2 atom stereocenters. The number of rotatable bonds is 9. The predicted octanol–water partition coefficient (Wildman–Crippen LogP) is 9.45. The highest BCUT2D eigenvalue weighted by Crippen LogP contribution is 2.40. The molecule has 0 bridgehead atoms. The average Bonchev–Trinajstić information content (AvgIpc) is 2.73. The van der Waals surface area contributed by atoms with Crippen LogP contribution in [0.15, 0.2) is 65.3 Å². The zero-order valence-electron chi connectivity index (χ0n) is 19.5. The van der Waals surface area contributed by atoms with E-state index >= 15 is 0 Å². The summed E-state index contributed by atoms with van der Waals surface area (Å²) in [4.78, 5) is 1.84. The molecule has 0 N–H and O–H groups in total. The summed E-state index contributed by atoms with van der Waals surface area (Å²) in [5.74, 6) is -3.38. The lowest BCUT2D eigenvalue weighted by molar-refractivity contribution is -0.139. The molecular formula is C26H28BrClF5N. The Labute approximate surface area is 211 Å². The molecule has 0 amide bonds. The number of halogens is 7. The lowest BCUT2D eigenvalue weighted by atomic mass is 9.94. The Kier molecular flexibility index (Phi) is 9.39. The fourth-order valence-corrected chi connectivity index (χ4v) is 4.59. The Morgan fingerprint density at radius 1 is 1.15 bits per heavy atom. The summed E-state index contributed by atoms with van der Waals surface area (Å²) in [5, 5.41) is 0.138. The minimum atomic E-state index is -4.70. The summed E-state index contributed by atoms with van der Waals surface area (Å²) in [5.41, 5.74) is -0.103. The Morgan fingerprint density at radius 3 is 2.29 bits per heavy atom. The quantitative estimate of drug-likeness (QED) is 0.274. The van der Waals surface area contributed by atoms with Crippen molar-refractivity contribution >= 4 is 33.4 Å². The van der Waals surface area contributed by atoms with Crippen molar-refractivity contribution in [1.82, 2.24) is 4.90 Å². The zero-order valence-corrected chi connectivity index (χ0v) is 21.8. The van der Waals surface area contributed by atoms with Gasteiger partial charge in [0.1, 0.15) is 17.4 Å². The van der Waals surface area contributed by atoms with Crippen LogP contribution in [0.4, 0.5) is 22.0 Å². The molecule has 2 aromatic rings. The van der Waals surface area contributed by atoms with Gasteiger partial charge in [-0.2, -0.15) is 13.2 Å². The maximum Gasteiger partial charge on any atom is 0.399 e. The van der Waals surface area contributed by atoms with Crippen LogP contribution in [0.2, 0.25) is 5.02 Å². The van der Waals surface area contributed by atoms with Gasteiger partial charge in [0.25, 0.3) is 0 Å². The number of nitrogens with zero attached hydrogens (tertiary/aromatic N) is 1. The number of hydrogen-bond acceptors (Lipinski definition) is 1. The third-order valence-corrected chi connectivity index (χ3v) is 6.39. The molecule has 0 saturated heterocycles. The van der Waals surface area contributed by atoms with E-state index in [-0.39, 0.29) is 28.6 Å². The second-order valence-electron chi connectivity index (χ2n) is 8.77. The Bertz CT molecular complexity index is 1040. The smallest absolute Gasteiger partial charge is 0.372 e. The largest absolute Gasteiger partial charge is 0.399 e. The number of hydrogen-bond donors (Lipinski definition) is 0. The molecule has 8 heteroatoms. The van der Waals surface area contributed by atoms with Crippen LogP contribution in [0.1, 0.15) is 56.2 Å². The maximum atomic E-state index is 15.0. The summed E-state index contributed by atoms with van der Waals surface area (Å²) in [6.45, 7) is 11.6. The first-order chi connectivity index (χ1) is 15.6. The molecular weight excluding hydrogens is 537 g/mol. The highest BCUT2D eigenvalue weighted by atomic mass is 79.9. The molecule has 2 rings (SSSR count). The Hall–Kier alpha value is -1.86. The molecule has 0 heterocycles. The number of benzene rings is 2. The fourth-order valence-electron chi connectivity index (χ4n) is 3.67. The van der Waals surface area contributed by atoms with Gasteiger partial charge < -0.3 is 4.90 Å². The molecule has 0 aliphatic carbocycles. The van der Waals surface area contributed by atoms with Crippen molar-refractivity contribution < 1.29 is 22.0 Å². The summed E-state index contributed by atoms with van der Waals surface area (Å²) >= 11 is 9.24. The van der Waals surface area contributed by atoms with Crippen LogP contribution in [0, 0.1) is 0 Å². The van der Waals surface area contributed by atoms with Crippen LogP contribution in [0.3, 0.4) is 0 Å². The molecule has 0 saturated carbocycles. The highest BCUT2D eigenvalue weighted by Gasteiger charge is 2.40. The maximum absolute atomic E-state index is 15.0. The number of allylic oxidation sites excluding steroid dienone is 2. The fraction of sp³-hybridized carbons (Fsp3) is 0.385. The Balaban J connectivity index is 2.35. The van der Waals surface area contributed by atoms with Gasteiger partial charge >= 0.3 is 6.18 Å². The van der Waals surface area contributed by atoms with Crippen molar-refractivity contribution in [2.75, 3.05) is 13.1 Å². The minimum Gasteiger partial charge on any atom is -0.372 e. The van der Waals surface area contributed by atoms with E-state index in [9.17, 15) is 22.0 Å². The van der Waals surface area contributed by atoms with Gasteiger partial charge in [-0.05, 0) is 56.2 Å². The third kappa shape index (κ3) is 7.57. The van der Waals surface area contributed by atoms with Crippen molar-refractivity contribution in [3.05, 3.63) is 87.0 Å². The summed E-state index contributed by atoms with van der Waals surface area (Å²) in [7, 11) is 0. The standard InChI is InChI=1S/C26H28BrClF5N/c1-6-34(15-25(4,5)30)17(3)16(2)21-11-10-19(13-23(21)27)24(29)14-22(26(31,32)33)18-8-7-9-20(28)12-18/h7-14,16,22H,3,6,15H2,1-2,4-5H3/b24-14-. The molecule has 0 fully saturated rings. The highest BCUT2D eigenvalue weighted by molar-refractivity contribution is 9.10. The molecule has 2 unspecified atom stereocenters. The summed E-state index contributed by atoms with van der Waals surface area (Å²) in [6, 6.07) is 9.79. The van der Waals surface area contributed by atoms with E-state index in [1.165, 1.54) is 50.2 Å². The molecule has 0 spiro atoms. The summed E-state index contributed by atoms with van der Waals surface area (Å²) in [6.07, 6.45) is -4.14. The topological polar surface area (TPSA) is 3.24 Å². The van der Waals surface area contributed by atoms with Crippen LogP contribution in [-0.4, -0.2) is 29.8 Å². The SMILES string of the molecule is C=C(C(C)c1ccc(/C(F)=C/C(c2cccc(Cl)c2)C(F)(F)F)cc1Br)N(CC)CC(C)(C)F. The number of likely N-dealkylation sites (N-methyl/N-ethyl adjacent to an activating group) is 1. The molecule has 0 radical (unpaired) electrons. The zero-order chi connectivity index (χ0) is 25.8. The Morgan fingerprint density at radius 2 is 1.79 bits per heavy atom.